The molecule has 0 saturated carbocycles. The first-order valence-electron chi connectivity index (χ1n) is 11.8. The van der Waals surface area contributed by atoms with Crippen LogP contribution in [0.5, 0.6) is 11.5 Å². The van der Waals surface area contributed by atoms with Gasteiger partial charge in [0.15, 0.2) is 0 Å². The number of ether oxygens (including phenoxy) is 2. The molecule has 2 aromatic carbocycles. The van der Waals surface area contributed by atoms with Crippen molar-refractivity contribution < 1.29 is 22.3 Å². The Morgan fingerprint density at radius 2 is 1.74 bits per heavy atom. The van der Waals surface area contributed by atoms with Crippen LogP contribution < -0.4 is 19.1 Å². The zero-order valence-electron chi connectivity index (χ0n) is 20.4. The summed E-state index contributed by atoms with van der Waals surface area (Å²) in [5, 5.41) is 0. The van der Waals surface area contributed by atoms with Crippen LogP contribution >= 0.6 is 0 Å². The van der Waals surface area contributed by atoms with E-state index in [0.29, 0.717) is 5.75 Å². The summed E-state index contributed by atoms with van der Waals surface area (Å²) in [7, 11) is -0.646. The fraction of sp³-hybridized carbons (Fsp3) is 0.385. The average molecular weight is 500 g/mol. The zero-order chi connectivity index (χ0) is 24.8. The number of nitrogens with one attached hydrogen (secondary N) is 1. The number of nitrogens with zero attached hydrogens (tertiary/aromatic N) is 2. The van der Waals surface area contributed by atoms with Gasteiger partial charge in [0.25, 0.3) is 0 Å². The molecule has 9 heteroatoms. The van der Waals surface area contributed by atoms with E-state index in [0.717, 1.165) is 55.4 Å². The molecule has 0 spiro atoms. The fourth-order valence-corrected chi connectivity index (χ4v) is 5.65. The molecule has 35 heavy (non-hydrogen) atoms. The Balaban J connectivity index is 1.47. The molecule has 1 aromatic heterocycles. The lowest BCUT2D eigenvalue weighted by molar-refractivity contribution is 0.166. The number of piperazine rings is 1. The highest BCUT2D eigenvalue weighted by Crippen LogP contribution is 2.28. The Labute approximate surface area is 207 Å². The van der Waals surface area contributed by atoms with Gasteiger partial charge in [0, 0.05) is 38.4 Å². The summed E-state index contributed by atoms with van der Waals surface area (Å²) in [5.41, 5.74) is 2.08. The van der Waals surface area contributed by atoms with Crippen LogP contribution in [0.4, 0.5) is 5.69 Å². The van der Waals surface area contributed by atoms with Gasteiger partial charge in [0.05, 0.1) is 26.5 Å². The molecule has 8 nitrogen and oxygen atoms in total. The number of benzene rings is 2. The van der Waals surface area contributed by atoms with E-state index in [9.17, 15) is 8.42 Å². The Hall–Kier alpha value is -3.01. The number of hydrogen-bond acceptors (Lipinski definition) is 7. The number of anilines is 1. The molecule has 0 aliphatic carbocycles. The van der Waals surface area contributed by atoms with Gasteiger partial charge in [-0.3, -0.25) is 4.90 Å². The van der Waals surface area contributed by atoms with Crippen molar-refractivity contribution in [2.45, 2.75) is 24.3 Å². The van der Waals surface area contributed by atoms with Gasteiger partial charge in [-0.25, -0.2) is 13.1 Å². The molecule has 1 aliphatic heterocycles. The van der Waals surface area contributed by atoms with Crippen molar-refractivity contribution in [2.24, 2.45) is 0 Å². The third-order valence-corrected chi connectivity index (χ3v) is 7.90. The van der Waals surface area contributed by atoms with E-state index in [4.69, 9.17) is 13.9 Å². The molecule has 0 radical (unpaired) electrons. The smallest absolute Gasteiger partial charge is 0.244 e. The van der Waals surface area contributed by atoms with Gasteiger partial charge >= 0.3 is 0 Å². The normalized spacial score (nSPS) is 15.7. The maximum absolute atomic E-state index is 13.3. The van der Waals surface area contributed by atoms with E-state index in [2.05, 4.69) is 26.7 Å². The number of sulfonamides is 1. The highest BCUT2D eigenvalue weighted by atomic mass is 32.2. The fourth-order valence-electron chi connectivity index (χ4n) is 4.39. The Morgan fingerprint density at radius 3 is 2.34 bits per heavy atom. The Bertz CT molecular complexity index is 1190. The van der Waals surface area contributed by atoms with Crippen molar-refractivity contribution in [2.75, 3.05) is 51.8 Å². The van der Waals surface area contributed by atoms with Crippen LogP contribution in [0.3, 0.4) is 0 Å². The molecule has 2 heterocycles. The summed E-state index contributed by atoms with van der Waals surface area (Å²) < 4.78 is 45.6. The summed E-state index contributed by atoms with van der Waals surface area (Å²) in [6.45, 7) is 5.37. The summed E-state index contributed by atoms with van der Waals surface area (Å²) in [4.78, 5) is 4.74. The second kappa shape index (κ2) is 11.2. The number of rotatable bonds is 10. The highest BCUT2D eigenvalue weighted by molar-refractivity contribution is 7.89. The van der Waals surface area contributed by atoms with Gasteiger partial charge < -0.3 is 18.8 Å². The molecule has 4 rings (SSSR count). The first-order valence-corrected chi connectivity index (χ1v) is 13.3. The van der Waals surface area contributed by atoms with Crippen molar-refractivity contribution in [3.05, 3.63) is 72.2 Å². The minimum absolute atomic E-state index is 0.155. The SMILES string of the molecule is CCc1ccc(OC)c(S(=O)(=O)NCC(c2ccco2)N2CCN(c3ccc(OC)cc3)CC2)c1. The van der Waals surface area contributed by atoms with Gasteiger partial charge in [0.2, 0.25) is 10.0 Å². The molecular weight excluding hydrogens is 466 g/mol. The standard InChI is InChI=1S/C26H33N3O5S/c1-4-20-7-12-25(33-3)26(18-20)35(30,31)27-19-23(24-6-5-17-34-24)29-15-13-28(14-16-29)21-8-10-22(32-2)11-9-21/h5-12,17-18,23,27H,4,13-16,19H2,1-3H3. The van der Waals surface area contributed by atoms with E-state index < -0.39 is 10.0 Å². The Morgan fingerprint density at radius 1 is 1.00 bits per heavy atom. The molecular formula is C26H33N3O5S. The van der Waals surface area contributed by atoms with E-state index in [1.54, 1.807) is 25.5 Å². The summed E-state index contributed by atoms with van der Waals surface area (Å²) in [6.07, 6.45) is 2.36. The van der Waals surface area contributed by atoms with E-state index in [1.807, 2.05) is 37.3 Å². The predicted octanol–water partition coefficient (Wildman–Crippen LogP) is 3.70. The average Bonchev–Trinajstić information content (AvgIpc) is 3.43. The van der Waals surface area contributed by atoms with E-state index in [1.165, 1.54) is 7.11 Å². The third-order valence-electron chi connectivity index (χ3n) is 6.46. The molecule has 0 amide bonds. The molecule has 0 bridgehead atoms. The van der Waals surface area contributed by atoms with Crippen LogP contribution in [-0.2, 0) is 16.4 Å². The van der Waals surface area contributed by atoms with Crippen LogP contribution in [0.2, 0.25) is 0 Å². The van der Waals surface area contributed by atoms with Crippen LogP contribution in [0.1, 0.15) is 24.3 Å². The predicted molar refractivity (Wildman–Crippen MR) is 136 cm³/mol. The number of aryl methyl sites for hydroxylation is 1. The quantitative estimate of drug-likeness (QED) is 0.455. The molecule has 3 aromatic rings. The molecule has 188 valence electrons. The molecule has 1 saturated heterocycles. The van der Waals surface area contributed by atoms with Gasteiger partial charge in [-0.05, 0) is 60.5 Å². The van der Waals surface area contributed by atoms with Gasteiger partial charge in [-0.15, -0.1) is 0 Å². The second-order valence-corrected chi connectivity index (χ2v) is 10.2. The van der Waals surface area contributed by atoms with Crippen molar-refractivity contribution in [3.63, 3.8) is 0 Å². The molecule has 1 aliphatic rings. The van der Waals surface area contributed by atoms with Crippen molar-refractivity contribution >= 4 is 15.7 Å². The minimum Gasteiger partial charge on any atom is -0.497 e. The van der Waals surface area contributed by atoms with Crippen molar-refractivity contribution in [3.8, 4) is 11.5 Å². The topological polar surface area (TPSA) is 84.2 Å². The van der Waals surface area contributed by atoms with Crippen molar-refractivity contribution in [1.82, 2.24) is 9.62 Å². The number of hydrogen-bond donors (Lipinski definition) is 1. The maximum Gasteiger partial charge on any atom is 0.244 e. The highest BCUT2D eigenvalue weighted by Gasteiger charge is 2.29. The summed E-state index contributed by atoms with van der Waals surface area (Å²) in [5.74, 6) is 1.90. The monoisotopic (exact) mass is 499 g/mol. The van der Waals surface area contributed by atoms with E-state index >= 15 is 0 Å². The van der Waals surface area contributed by atoms with Gasteiger partial charge in [-0.2, -0.15) is 0 Å². The maximum atomic E-state index is 13.3. The lowest BCUT2D eigenvalue weighted by Gasteiger charge is -2.39. The minimum atomic E-state index is -3.79. The van der Waals surface area contributed by atoms with E-state index in [-0.39, 0.29) is 17.5 Å². The molecule has 1 N–H and O–H groups in total. The largest absolute Gasteiger partial charge is 0.497 e. The third kappa shape index (κ3) is 5.80. The zero-order valence-corrected chi connectivity index (χ0v) is 21.3. The van der Waals surface area contributed by atoms with Gasteiger partial charge in [0.1, 0.15) is 22.2 Å². The molecule has 1 unspecified atom stereocenters. The first-order chi connectivity index (χ1) is 16.9. The van der Waals surface area contributed by atoms with Crippen LogP contribution in [0.25, 0.3) is 0 Å². The van der Waals surface area contributed by atoms with Gasteiger partial charge in [-0.1, -0.05) is 13.0 Å². The Kier molecular flexibility index (Phi) is 8.00. The number of furan rings is 1. The summed E-state index contributed by atoms with van der Waals surface area (Å²) >= 11 is 0. The molecule has 1 fully saturated rings. The lowest BCUT2D eigenvalue weighted by atomic mass is 10.1. The van der Waals surface area contributed by atoms with Crippen LogP contribution in [0.15, 0.2) is 70.2 Å². The lowest BCUT2D eigenvalue weighted by Crippen LogP contribution is -2.49. The second-order valence-electron chi connectivity index (χ2n) is 8.44. The first kappa shape index (κ1) is 25.1. The van der Waals surface area contributed by atoms with Crippen LogP contribution in [-0.4, -0.2) is 60.3 Å². The van der Waals surface area contributed by atoms with Crippen LogP contribution in [0, 0.1) is 0 Å². The summed E-state index contributed by atoms with van der Waals surface area (Å²) in [6, 6.07) is 16.8. The molecule has 1 atom stereocenters. The number of methoxy groups -OCH3 is 2. The van der Waals surface area contributed by atoms with Crippen molar-refractivity contribution in [1.29, 1.82) is 0 Å².